The topological polar surface area (TPSA) is 22.0 Å². The van der Waals surface area contributed by atoms with E-state index in [1.54, 1.807) is 0 Å². The summed E-state index contributed by atoms with van der Waals surface area (Å²) in [5.74, 6) is 0. The van der Waals surface area contributed by atoms with Crippen LogP contribution in [-0.2, 0) is 0 Å². The van der Waals surface area contributed by atoms with Gasteiger partial charge in [-0.3, -0.25) is 4.79 Å². The molecule has 2 aromatic carbocycles. The molecule has 0 amide bonds. The van der Waals surface area contributed by atoms with Gasteiger partial charge in [-0.25, -0.2) is 0 Å². The number of hydrogen-bond acceptors (Lipinski definition) is 1. The number of carbonyl (C=O) groups excluding carboxylic acids is 1. The van der Waals surface area contributed by atoms with Gasteiger partial charge in [0, 0.05) is 27.9 Å². The highest BCUT2D eigenvalue weighted by atomic mass is 35.5. The molecule has 0 N–H and O–H groups in total. The third-order valence-electron chi connectivity index (χ3n) is 2.97. The zero-order chi connectivity index (χ0) is 12.5. The Bertz CT molecular complexity index is 713. The Morgan fingerprint density at radius 2 is 1.72 bits per heavy atom. The number of aromatic nitrogens is 1. The molecule has 0 aliphatic carbocycles. The average Bonchev–Trinajstić information content (AvgIpc) is 2.79. The van der Waals surface area contributed by atoms with Gasteiger partial charge in [0.15, 0.2) is 6.29 Å². The first-order valence-electron chi connectivity index (χ1n) is 5.61. The van der Waals surface area contributed by atoms with E-state index in [4.69, 9.17) is 11.6 Å². The molecule has 0 bridgehead atoms. The van der Waals surface area contributed by atoms with Crippen molar-refractivity contribution in [2.24, 2.45) is 0 Å². The normalized spacial score (nSPS) is 10.7. The lowest BCUT2D eigenvalue weighted by Crippen LogP contribution is -1.90. The monoisotopic (exact) mass is 255 g/mol. The highest BCUT2D eigenvalue weighted by Crippen LogP contribution is 2.24. The highest BCUT2D eigenvalue weighted by Gasteiger charge is 2.08. The van der Waals surface area contributed by atoms with E-state index in [1.807, 2.05) is 59.3 Å². The molecule has 0 spiro atoms. The van der Waals surface area contributed by atoms with Gasteiger partial charge in [-0.1, -0.05) is 29.8 Å². The highest BCUT2D eigenvalue weighted by molar-refractivity contribution is 6.30. The molecule has 2 nitrogen and oxygen atoms in total. The third-order valence-corrected chi connectivity index (χ3v) is 3.23. The van der Waals surface area contributed by atoms with E-state index in [-0.39, 0.29) is 0 Å². The van der Waals surface area contributed by atoms with Crippen LogP contribution in [0.15, 0.2) is 54.7 Å². The molecular weight excluding hydrogens is 246 g/mol. The zero-order valence-electron chi connectivity index (χ0n) is 9.51. The number of hydrogen-bond donors (Lipinski definition) is 0. The number of carbonyl (C=O) groups is 1. The first kappa shape index (κ1) is 11.1. The molecule has 3 aromatic rings. The van der Waals surface area contributed by atoms with Crippen LogP contribution in [0.2, 0.25) is 5.02 Å². The lowest BCUT2D eigenvalue weighted by Gasteiger charge is -2.04. The summed E-state index contributed by atoms with van der Waals surface area (Å²) in [6.45, 7) is 0. The number of para-hydroxylation sites is 1. The van der Waals surface area contributed by atoms with Crippen molar-refractivity contribution < 1.29 is 4.79 Å². The summed E-state index contributed by atoms with van der Waals surface area (Å²) in [7, 11) is 0. The van der Waals surface area contributed by atoms with Gasteiger partial charge in [-0.2, -0.15) is 0 Å². The van der Waals surface area contributed by atoms with E-state index in [0.29, 0.717) is 10.6 Å². The summed E-state index contributed by atoms with van der Waals surface area (Å²) in [4.78, 5) is 11.1. The van der Waals surface area contributed by atoms with Gasteiger partial charge < -0.3 is 4.57 Å². The minimum absolute atomic E-state index is 0.695. The van der Waals surface area contributed by atoms with Gasteiger partial charge in [0.05, 0.1) is 5.52 Å². The Labute approximate surface area is 109 Å². The number of benzene rings is 2. The van der Waals surface area contributed by atoms with Crippen molar-refractivity contribution in [2.45, 2.75) is 0 Å². The minimum Gasteiger partial charge on any atom is -0.316 e. The summed E-state index contributed by atoms with van der Waals surface area (Å²) in [6.07, 6.45) is 2.73. The molecular formula is C15H10ClNO. The van der Waals surface area contributed by atoms with Crippen LogP contribution >= 0.6 is 11.6 Å². The van der Waals surface area contributed by atoms with Crippen LogP contribution in [0.3, 0.4) is 0 Å². The third kappa shape index (κ3) is 1.71. The molecule has 0 radical (unpaired) electrons. The molecule has 0 aliphatic rings. The maximum atomic E-state index is 11.1. The summed E-state index contributed by atoms with van der Waals surface area (Å²) in [6, 6.07) is 15.4. The molecule has 3 heteroatoms. The second-order valence-electron chi connectivity index (χ2n) is 4.07. The van der Waals surface area contributed by atoms with E-state index >= 15 is 0 Å². The fraction of sp³-hybridized carbons (Fsp3) is 0. The first-order valence-corrected chi connectivity index (χ1v) is 5.98. The molecule has 0 atom stereocenters. The van der Waals surface area contributed by atoms with Crippen LogP contribution in [0.5, 0.6) is 0 Å². The smallest absolute Gasteiger partial charge is 0.152 e. The second kappa shape index (κ2) is 4.31. The maximum Gasteiger partial charge on any atom is 0.152 e. The van der Waals surface area contributed by atoms with E-state index in [2.05, 4.69) is 0 Å². The lowest BCUT2D eigenvalue weighted by molar-refractivity contribution is 0.112. The largest absolute Gasteiger partial charge is 0.316 e. The van der Waals surface area contributed by atoms with Crippen LogP contribution in [0.25, 0.3) is 16.6 Å². The van der Waals surface area contributed by atoms with E-state index in [1.165, 1.54) is 0 Å². The fourth-order valence-corrected chi connectivity index (χ4v) is 2.24. The Morgan fingerprint density at radius 1 is 1.00 bits per heavy atom. The quantitative estimate of drug-likeness (QED) is 0.632. The summed E-state index contributed by atoms with van der Waals surface area (Å²) in [5, 5.41) is 1.66. The standard InChI is InChI=1S/C15H10ClNO/c16-12-5-7-13(8-6-12)17-9-11(10-18)14-3-1-2-4-15(14)17/h1-10H. The van der Waals surface area contributed by atoms with E-state index in [0.717, 1.165) is 22.9 Å². The van der Waals surface area contributed by atoms with Gasteiger partial charge in [-0.05, 0) is 30.3 Å². The predicted molar refractivity (Wildman–Crippen MR) is 73.7 cm³/mol. The number of rotatable bonds is 2. The van der Waals surface area contributed by atoms with Crippen molar-refractivity contribution >= 4 is 28.8 Å². The van der Waals surface area contributed by atoms with Crippen molar-refractivity contribution in [3.05, 3.63) is 65.3 Å². The number of halogens is 1. The van der Waals surface area contributed by atoms with Gasteiger partial charge in [0.1, 0.15) is 0 Å². The molecule has 18 heavy (non-hydrogen) atoms. The van der Waals surface area contributed by atoms with Crippen molar-refractivity contribution in [3.8, 4) is 5.69 Å². The molecule has 0 unspecified atom stereocenters. The van der Waals surface area contributed by atoms with E-state index < -0.39 is 0 Å². The average molecular weight is 256 g/mol. The van der Waals surface area contributed by atoms with Gasteiger partial charge in [0.25, 0.3) is 0 Å². The Kier molecular flexibility index (Phi) is 2.65. The fourth-order valence-electron chi connectivity index (χ4n) is 2.12. The molecule has 1 aromatic heterocycles. The Hall–Kier alpha value is -2.06. The van der Waals surface area contributed by atoms with Crippen molar-refractivity contribution in [3.63, 3.8) is 0 Å². The minimum atomic E-state index is 0.695. The molecule has 88 valence electrons. The maximum absolute atomic E-state index is 11.1. The molecule has 1 heterocycles. The van der Waals surface area contributed by atoms with Crippen LogP contribution in [-0.4, -0.2) is 10.9 Å². The molecule has 3 rings (SSSR count). The zero-order valence-corrected chi connectivity index (χ0v) is 10.3. The van der Waals surface area contributed by atoms with Crippen LogP contribution in [0.1, 0.15) is 10.4 Å². The van der Waals surface area contributed by atoms with Crippen LogP contribution < -0.4 is 0 Å². The Balaban J connectivity index is 2.29. The molecule has 0 fully saturated rings. The Morgan fingerprint density at radius 3 is 2.44 bits per heavy atom. The number of nitrogens with zero attached hydrogens (tertiary/aromatic N) is 1. The molecule has 0 aliphatic heterocycles. The number of aldehydes is 1. The van der Waals surface area contributed by atoms with Crippen molar-refractivity contribution in [1.29, 1.82) is 0 Å². The van der Waals surface area contributed by atoms with Gasteiger partial charge in [0.2, 0.25) is 0 Å². The van der Waals surface area contributed by atoms with Gasteiger partial charge >= 0.3 is 0 Å². The summed E-state index contributed by atoms with van der Waals surface area (Å²) >= 11 is 5.88. The second-order valence-corrected chi connectivity index (χ2v) is 4.50. The van der Waals surface area contributed by atoms with E-state index in [9.17, 15) is 4.79 Å². The SMILES string of the molecule is O=Cc1cn(-c2ccc(Cl)cc2)c2ccccc12. The van der Waals surface area contributed by atoms with Crippen LogP contribution in [0, 0.1) is 0 Å². The first-order chi connectivity index (χ1) is 8.79. The van der Waals surface area contributed by atoms with Crippen molar-refractivity contribution in [1.82, 2.24) is 4.57 Å². The molecule has 0 saturated heterocycles. The number of fused-ring (bicyclic) bond motifs is 1. The molecule has 0 saturated carbocycles. The summed E-state index contributed by atoms with van der Waals surface area (Å²) in [5.41, 5.74) is 2.70. The lowest BCUT2D eigenvalue weighted by atomic mass is 10.2. The van der Waals surface area contributed by atoms with Crippen LogP contribution in [0.4, 0.5) is 0 Å². The summed E-state index contributed by atoms with van der Waals surface area (Å²) < 4.78 is 2.00. The van der Waals surface area contributed by atoms with Gasteiger partial charge in [-0.15, -0.1) is 0 Å². The predicted octanol–water partition coefficient (Wildman–Crippen LogP) is 4.10. The van der Waals surface area contributed by atoms with Crippen molar-refractivity contribution in [2.75, 3.05) is 0 Å².